The Balaban J connectivity index is 0.000000347. The fraction of sp³-hybridized carbons (Fsp3) is 0.467. The molecule has 0 spiro atoms. The van der Waals surface area contributed by atoms with Crippen LogP contribution in [0.25, 0.3) is 41.5 Å². The Bertz CT molecular complexity index is 2050. The number of carbonyl (C=O) groups is 1. The summed E-state index contributed by atoms with van der Waals surface area (Å²) < 4.78 is 4.07. The summed E-state index contributed by atoms with van der Waals surface area (Å²) in [5, 5.41) is 16.1. The summed E-state index contributed by atoms with van der Waals surface area (Å²) >= 11 is 5.50. The molecule has 52 heavy (non-hydrogen) atoms. The Labute approximate surface area is 339 Å². The van der Waals surface area contributed by atoms with Crippen molar-refractivity contribution >= 4 is 70.5 Å². The first-order chi connectivity index (χ1) is 24.0. The van der Waals surface area contributed by atoms with Gasteiger partial charge in [0.25, 0.3) is 0 Å². The summed E-state index contributed by atoms with van der Waals surface area (Å²) in [4.78, 5) is 19.7. The monoisotopic (exact) mass is 933 g/mol. The number of ketones is 1. The van der Waals surface area contributed by atoms with E-state index < -0.39 is 0 Å². The first kappa shape index (κ1) is 44.1. The summed E-state index contributed by atoms with van der Waals surface area (Å²) in [6, 6.07) is 14.8. The predicted molar refractivity (Wildman–Crippen MR) is 228 cm³/mol. The van der Waals surface area contributed by atoms with Crippen LogP contribution < -0.4 is 0 Å². The fourth-order valence-electron chi connectivity index (χ4n) is 6.41. The van der Waals surface area contributed by atoms with Crippen LogP contribution in [0.15, 0.2) is 65.2 Å². The molecule has 0 saturated heterocycles. The summed E-state index contributed by atoms with van der Waals surface area (Å²) in [5.74, 6) is 0.939. The van der Waals surface area contributed by atoms with Crippen molar-refractivity contribution in [2.75, 3.05) is 0 Å². The third kappa shape index (κ3) is 9.15. The molecular formula is C45H58IrNO2S3-. The minimum atomic E-state index is -0.337. The molecule has 3 heterocycles. The number of aromatic nitrogens is 1. The number of aryl methyl sites for hydroxylation is 1. The Hall–Kier alpha value is -2.28. The maximum absolute atomic E-state index is 12.2. The number of fused-ring (bicyclic) bond motifs is 5. The number of aliphatic hydroxyl groups is 1. The topological polar surface area (TPSA) is 50.2 Å². The van der Waals surface area contributed by atoms with Crippen molar-refractivity contribution in [3.05, 3.63) is 82.4 Å². The van der Waals surface area contributed by atoms with E-state index in [4.69, 9.17) is 4.98 Å². The number of hydrogen-bond acceptors (Lipinski definition) is 6. The van der Waals surface area contributed by atoms with Crippen molar-refractivity contribution in [2.24, 2.45) is 16.7 Å². The van der Waals surface area contributed by atoms with E-state index in [2.05, 4.69) is 84.5 Å². The van der Waals surface area contributed by atoms with Crippen molar-refractivity contribution in [1.29, 1.82) is 0 Å². The van der Waals surface area contributed by atoms with E-state index in [0.29, 0.717) is 5.92 Å². The molecular weight excluding hydrogens is 875 g/mol. The molecule has 2 aromatic carbocycles. The van der Waals surface area contributed by atoms with Crippen molar-refractivity contribution in [3.63, 3.8) is 0 Å². The molecule has 3 aromatic heterocycles. The molecule has 5 rings (SSSR count). The van der Waals surface area contributed by atoms with Gasteiger partial charge in [-0.25, -0.2) is 0 Å². The van der Waals surface area contributed by atoms with E-state index in [9.17, 15) is 9.90 Å². The van der Waals surface area contributed by atoms with Gasteiger partial charge in [0.05, 0.1) is 9.40 Å². The maximum atomic E-state index is 12.2. The van der Waals surface area contributed by atoms with Gasteiger partial charge in [0.2, 0.25) is 0 Å². The smallest absolute Gasteiger partial charge is 0.164 e. The molecule has 1 N–H and O–H groups in total. The van der Waals surface area contributed by atoms with Gasteiger partial charge in [-0.1, -0.05) is 99.8 Å². The predicted octanol–water partition coefficient (Wildman–Crippen LogP) is 14.8. The van der Waals surface area contributed by atoms with Crippen LogP contribution in [0.1, 0.15) is 118 Å². The molecule has 1 radical (unpaired) electrons. The Morgan fingerprint density at radius 1 is 0.923 bits per heavy atom. The largest absolute Gasteiger partial charge is 0.512 e. The van der Waals surface area contributed by atoms with Crippen molar-refractivity contribution in [2.45, 2.75) is 125 Å². The van der Waals surface area contributed by atoms with Crippen LogP contribution in [0, 0.1) is 29.7 Å². The molecule has 0 aliphatic carbocycles. The van der Waals surface area contributed by atoms with Crippen molar-refractivity contribution in [3.8, 4) is 11.3 Å². The fourth-order valence-corrected chi connectivity index (χ4v) is 9.83. The van der Waals surface area contributed by atoms with Crippen LogP contribution in [0.3, 0.4) is 0 Å². The van der Waals surface area contributed by atoms with E-state index in [1.165, 1.54) is 57.2 Å². The van der Waals surface area contributed by atoms with Crippen LogP contribution in [0.4, 0.5) is 0 Å². The molecule has 0 atom stereocenters. The third-order valence-corrected chi connectivity index (χ3v) is 14.2. The summed E-state index contributed by atoms with van der Waals surface area (Å²) in [7, 11) is 0. The molecule has 0 aliphatic rings. The SMILES string of the molecule is C=CSc1c[c-]c(-c2nccc3c2sc2c3ccc3c(CC(C)C)c(C)sc32)cc1C(C)(C)C.CCC(C)(CC)C(=O)/C=C(\O)C(C)(CC)CC.[Ir]. The molecule has 0 aliphatic heterocycles. The van der Waals surface area contributed by atoms with Crippen LogP contribution in [0.5, 0.6) is 0 Å². The maximum Gasteiger partial charge on any atom is 0.164 e. The molecule has 3 nitrogen and oxygen atoms in total. The Morgan fingerprint density at radius 3 is 2.06 bits per heavy atom. The number of carbonyl (C=O) groups excluding carboxylic acids is 1. The number of aliphatic hydroxyl groups excluding tert-OH is 1. The minimum Gasteiger partial charge on any atom is -0.512 e. The molecule has 0 bridgehead atoms. The van der Waals surface area contributed by atoms with Crippen LogP contribution in [-0.2, 0) is 36.7 Å². The Kier molecular flexibility index (Phi) is 15.2. The molecule has 7 heteroatoms. The summed E-state index contributed by atoms with van der Waals surface area (Å²) in [6.45, 7) is 29.7. The number of thiophene rings is 2. The van der Waals surface area contributed by atoms with Crippen molar-refractivity contribution < 1.29 is 30.0 Å². The van der Waals surface area contributed by atoms with E-state index in [-0.39, 0.29) is 47.9 Å². The number of rotatable bonds is 12. The number of hydrogen-bond donors (Lipinski definition) is 1. The van der Waals surface area contributed by atoms with Gasteiger partial charge in [-0.3, -0.25) is 4.79 Å². The van der Waals surface area contributed by atoms with Gasteiger partial charge >= 0.3 is 0 Å². The van der Waals surface area contributed by atoms with E-state index in [0.717, 1.165) is 43.4 Å². The average molecular weight is 933 g/mol. The normalized spacial score (nSPS) is 12.7. The number of nitrogens with zero attached hydrogens (tertiary/aromatic N) is 1. The molecule has 283 valence electrons. The zero-order chi connectivity index (χ0) is 37.9. The molecule has 5 aromatic rings. The standard InChI is InChI=1S/C30H30NS3.C15H28O2.Ir/c1-8-32-25-12-9-19(16-24(25)30(5,6)7)26-27-22(13-14-31-26)20-10-11-21-23(15-17(2)3)18(4)33-28(21)29(20)34-27;1-7-14(5,8-2)12(16)11-13(17)15(6,9-3)10-4;/h8,10-14,16-17H,1,15H2,2-7H3;11,16H,7-10H2,1-6H3;/q-1;;/b;12-11-;. The number of thioether (sulfide) groups is 1. The number of pyridine rings is 1. The summed E-state index contributed by atoms with van der Waals surface area (Å²) in [5.41, 5.74) is 4.34. The second-order valence-electron chi connectivity index (χ2n) is 15.8. The number of benzene rings is 2. The number of allylic oxidation sites excluding steroid dienone is 2. The molecule has 0 amide bonds. The van der Waals surface area contributed by atoms with Gasteiger partial charge in [-0.2, -0.15) is 11.8 Å². The van der Waals surface area contributed by atoms with E-state index in [1.54, 1.807) is 11.8 Å². The molecule has 0 saturated carbocycles. The van der Waals surface area contributed by atoms with Crippen LogP contribution in [-0.4, -0.2) is 15.9 Å². The van der Waals surface area contributed by atoms with Gasteiger partial charge in [0, 0.05) is 63.9 Å². The van der Waals surface area contributed by atoms with E-state index in [1.807, 2.05) is 75.8 Å². The molecule has 0 fully saturated rings. The van der Waals surface area contributed by atoms with Crippen molar-refractivity contribution in [1.82, 2.24) is 4.98 Å². The minimum absolute atomic E-state index is 0. The van der Waals surface area contributed by atoms with Gasteiger partial charge in [-0.15, -0.1) is 52.0 Å². The zero-order valence-corrected chi connectivity index (χ0v) is 38.1. The quantitative estimate of drug-likeness (QED) is 0.0586. The van der Waals surface area contributed by atoms with E-state index >= 15 is 0 Å². The molecule has 0 unspecified atom stereocenters. The van der Waals surface area contributed by atoms with Crippen LogP contribution in [0.2, 0.25) is 0 Å². The van der Waals surface area contributed by atoms with Gasteiger partial charge in [0.1, 0.15) is 5.76 Å². The van der Waals surface area contributed by atoms with Gasteiger partial charge < -0.3 is 10.1 Å². The Morgan fingerprint density at radius 2 is 1.50 bits per heavy atom. The van der Waals surface area contributed by atoms with Gasteiger partial charge in [-0.05, 0) is 78.2 Å². The first-order valence-corrected chi connectivity index (χ1v) is 21.0. The second kappa shape index (κ2) is 17.9. The van der Waals surface area contributed by atoms with Gasteiger partial charge in [0.15, 0.2) is 5.78 Å². The average Bonchev–Trinajstić information content (AvgIpc) is 3.64. The second-order valence-corrected chi connectivity index (χ2v) is 19.0. The zero-order valence-electron chi connectivity index (χ0n) is 33.3. The third-order valence-electron chi connectivity index (χ3n) is 10.9. The summed E-state index contributed by atoms with van der Waals surface area (Å²) in [6.07, 6.45) is 7.84. The van der Waals surface area contributed by atoms with Crippen LogP contribution >= 0.6 is 34.4 Å². The first-order valence-electron chi connectivity index (χ1n) is 18.5.